The first-order valence-electron chi connectivity index (χ1n) is 6.75. The second kappa shape index (κ2) is 5.24. The number of aromatic nitrogens is 3. The molecule has 108 valence electrons. The van der Waals surface area contributed by atoms with Crippen LogP contribution in [0.2, 0.25) is 0 Å². The van der Waals surface area contributed by atoms with Crippen molar-refractivity contribution in [2.75, 3.05) is 0 Å². The molecule has 1 aromatic heterocycles. The SMILES string of the molecule is Cn1cnnc1C(c1cccc(Br)c1)C1(O)CC(C#N)C1. The summed E-state index contributed by atoms with van der Waals surface area (Å²) in [5.74, 6) is 0.344. The Morgan fingerprint density at radius 1 is 1.52 bits per heavy atom. The smallest absolute Gasteiger partial charge is 0.143 e. The molecule has 3 rings (SSSR count). The lowest BCUT2D eigenvalue weighted by Gasteiger charge is -2.45. The highest BCUT2D eigenvalue weighted by molar-refractivity contribution is 9.10. The Balaban J connectivity index is 2.05. The largest absolute Gasteiger partial charge is 0.389 e. The van der Waals surface area contributed by atoms with Gasteiger partial charge >= 0.3 is 0 Å². The lowest BCUT2D eigenvalue weighted by molar-refractivity contribution is -0.0719. The van der Waals surface area contributed by atoms with Gasteiger partial charge in [-0.1, -0.05) is 28.1 Å². The van der Waals surface area contributed by atoms with Crippen LogP contribution >= 0.6 is 15.9 Å². The van der Waals surface area contributed by atoms with Crippen LogP contribution in [-0.2, 0) is 7.05 Å². The minimum absolute atomic E-state index is 0.0853. The van der Waals surface area contributed by atoms with Crippen molar-refractivity contribution in [3.63, 3.8) is 0 Å². The highest BCUT2D eigenvalue weighted by atomic mass is 79.9. The van der Waals surface area contributed by atoms with Gasteiger partial charge in [0.15, 0.2) is 0 Å². The highest BCUT2D eigenvalue weighted by Gasteiger charge is 2.51. The number of halogens is 1. The highest BCUT2D eigenvalue weighted by Crippen LogP contribution is 2.49. The van der Waals surface area contributed by atoms with Gasteiger partial charge in [-0.2, -0.15) is 5.26 Å². The van der Waals surface area contributed by atoms with E-state index in [4.69, 9.17) is 5.26 Å². The van der Waals surface area contributed by atoms with E-state index < -0.39 is 5.60 Å². The molecule has 1 fully saturated rings. The number of aliphatic hydroxyl groups is 1. The lowest BCUT2D eigenvalue weighted by Crippen LogP contribution is -2.49. The zero-order valence-electron chi connectivity index (χ0n) is 11.6. The zero-order chi connectivity index (χ0) is 15.0. The Morgan fingerprint density at radius 3 is 2.86 bits per heavy atom. The Morgan fingerprint density at radius 2 is 2.29 bits per heavy atom. The first kappa shape index (κ1) is 14.2. The molecule has 0 saturated heterocycles. The molecule has 0 amide bonds. The summed E-state index contributed by atoms with van der Waals surface area (Å²) < 4.78 is 2.77. The molecule has 21 heavy (non-hydrogen) atoms. The van der Waals surface area contributed by atoms with Gasteiger partial charge in [-0.25, -0.2) is 0 Å². The van der Waals surface area contributed by atoms with E-state index in [0.717, 1.165) is 10.0 Å². The monoisotopic (exact) mass is 346 g/mol. The quantitative estimate of drug-likeness (QED) is 0.925. The van der Waals surface area contributed by atoms with E-state index in [1.807, 2.05) is 35.9 Å². The van der Waals surface area contributed by atoms with Gasteiger partial charge in [-0.15, -0.1) is 10.2 Å². The molecule has 2 aromatic rings. The molecule has 1 saturated carbocycles. The zero-order valence-corrected chi connectivity index (χ0v) is 13.2. The van der Waals surface area contributed by atoms with E-state index in [0.29, 0.717) is 18.7 Å². The second-order valence-corrected chi connectivity index (χ2v) is 6.54. The average Bonchev–Trinajstić information content (AvgIpc) is 2.82. The maximum Gasteiger partial charge on any atom is 0.143 e. The van der Waals surface area contributed by atoms with Gasteiger partial charge < -0.3 is 9.67 Å². The average molecular weight is 347 g/mol. The fraction of sp³-hybridized carbons (Fsp3) is 0.400. The standard InChI is InChI=1S/C15H15BrN4O/c1-20-9-18-19-14(20)13(11-3-2-4-12(16)5-11)15(21)6-10(7-15)8-17/h2-5,9-10,13,21H,6-7H2,1H3. The van der Waals surface area contributed by atoms with Crippen molar-refractivity contribution in [1.82, 2.24) is 14.8 Å². The molecule has 0 bridgehead atoms. The number of nitrogens with zero attached hydrogens (tertiary/aromatic N) is 4. The molecule has 1 unspecified atom stereocenters. The molecule has 1 N–H and O–H groups in total. The number of nitriles is 1. The van der Waals surface area contributed by atoms with E-state index in [2.05, 4.69) is 32.2 Å². The molecular weight excluding hydrogens is 332 g/mol. The van der Waals surface area contributed by atoms with E-state index in [1.165, 1.54) is 0 Å². The molecule has 6 heteroatoms. The van der Waals surface area contributed by atoms with E-state index in [9.17, 15) is 5.11 Å². The van der Waals surface area contributed by atoms with E-state index >= 15 is 0 Å². The minimum Gasteiger partial charge on any atom is -0.389 e. The predicted molar refractivity (Wildman–Crippen MR) is 80.3 cm³/mol. The summed E-state index contributed by atoms with van der Waals surface area (Å²) in [5, 5.41) is 28.1. The fourth-order valence-corrected chi connectivity index (χ4v) is 3.48. The Hall–Kier alpha value is -1.71. The van der Waals surface area contributed by atoms with E-state index in [1.54, 1.807) is 6.33 Å². The number of benzene rings is 1. The number of hydrogen-bond donors (Lipinski definition) is 1. The summed E-state index contributed by atoms with van der Waals surface area (Å²) in [5.41, 5.74) is 0.0292. The maximum atomic E-state index is 11.0. The first-order valence-corrected chi connectivity index (χ1v) is 7.54. The summed E-state index contributed by atoms with van der Waals surface area (Å²) in [4.78, 5) is 0. The fourth-order valence-electron chi connectivity index (χ4n) is 3.06. The number of aryl methyl sites for hydroxylation is 1. The Bertz CT molecular complexity index is 700. The van der Waals surface area contributed by atoms with Crippen molar-refractivity contribution in [3.8, 4) is 6.07 Å². The van der Waals surface area contributed by atoms with Gasteiger partial charge in [-0.05, 0) is 30.5 Å². The van der Waals surface area contributed by atoms with Gasteiger partial charge in [0.05, 0.1) is 23.5 Å². The number of rotatable bonds is 3. The Kier molecular flexibility index (Phi) is 3.56. The molecule has 1 aliphatic rings. The van der Waals surface area contributed by atoms with Crippen LogP contribution < -0.4 is 0 Å². The number of hydrogen-bond acceptors (Lipinski definition) is 4. The molecule has 1 heterocycles. The first-order chi connectivity index (χ1) is 10.0. The topological polar surface area (TPSA) is 74.7 Å². The van der Waals surface area contributed by atoms with Crippen molar-refractivity contribution >= 4 is 15.9 Å². The molecule has 5 nitrogen and oxygen atoms in total. The van der Waals surface area contributed by atoms with Crippen LogP contribution in [0, 0.1) is 17.2 Å². The van der Waals surface area contributed by atoms with Gasteiger partial charge in [0, 0.05) is 11.5 Å². The van der Waals surface area contributed by atoms with Crippen LogP contribution in [0.1, 0.15) is 30.1 Å². The summed E-state index contributed by atoms with van der Waals surface area (Å²) in [6.07, 6.45) is 2.56. The Labute approximate surface area is 131 Å². The second-order valence-electron chi connectivity index (χ2n) is 5.63. The van der Waals surface area contributed by atoms with Crippen LogP contribution in [-0.4, -0.2) is 25.5 Å². The summed E-state index contributed by atoms with van der Waals surface area (Å²) in [7, 11) is 1.87. The summed E-state index contributed by atoms with van der Waals surface area (Å²) >= 11 is 3.47. The summed E-state index contributed by atoms with van der Waals surface area (Å²) in [6, 6.07) is 10.1. The van der Waals surface area contributed by atoms with Crippen molar-refractivity contribution in [2.24, 2.45) is 13.0 Å². The molecule has 1 aromatic carbocycles. The molecule has 1 aliphatic carbocycles. The van der Waals surface area contributed by atoms with Gasteiger partial charge in [0.1, 0.15) is 12.2 Å². The van der Waals surface area contributed by atoms with Crippen LogP contribution in [0.5, 0.6) is 0 Å². The third kappa shape index (κ3) is 2.47. The van der Waals surface area contributed by atoms with Crippen LogP contribution in [0.3, 0.4) is 0 Å². The van der Waals surface area contributed by atoms with Gasteiger partial charge in [0.2, 0.25) is 0 Å². The van der Waals surface area contributed by atoms with Crippen LogP contribution in [0.15, 0.2) is 35.1 Å². The van der Waals surface area contributed by atoms with Crippen molar-refractivity contribution in [3.05, 3.63) is 46.5 Å². The van der Waals surface area contributed by atoms with Gasteiger partial charge in [0.25, 0.3) is 0 Å². The van der Waals surface area contributed by atoms with Crippen molar-refractivity contribution < 1.29 is 5.11 Å². The lowest BCUT2D eigenvalue weighted by atomic mass is 9.63. The molecule has 0 aliphatic heterocycles. The minimum atomic E-state index is -0.942. The summed E-state index contributed by atoms with van der Waals surface area (Å²) in [6.45, 7) is 0. The van der Waals surface area contributed by atoms with E-state index in [-0.39, 0.29) is 11.8 Å². The third-order valence-corrected chi connectivity index (χ3v) is 4.60. The van der Waals surface area contributed by atoms with Crippen LogP contribution in [0.25, 0.3) is 0 Å². The predicted octanol–water partition coefficient (Wildman–Crippen LogP) is 2.37. The van der Waals surface area contributed by atoms with Crippen molar-refractivity contribution in [2.45, 2.75) is 24.4 Å². The van der Waals surface area contributed by atoms with Crippen LogP contribution in [0.4, 0.5) is 0 Å². The third-order valence-electron chi connectivity index (χ3n) is 4.11. The normalized spacial score (nSPS) is 25.9. The molecular formula is C15H15BrN4O. The molecule has 0 spiro atoms. The molecule has 1 atom stereocenters. The maximum absolute atomic E-state index is 11.0. The van der Waals surface area contributed by atoms with Gasteiger partial charge in [-0.3, -0.25) is 0 Å². The molecule has 0 radical (unpaired) electrons. The van der Waals surface area contributed by atoms with Crippen molar-refractivity contribution in [1.29, 1.82) is 5.26 Å².